The van der Waals surface area contributed by atoms with Gasteiger partial charge in [0.1, 0.15) is 6.10 Å². The van der Waals surface area contributed by atoms with Crippen LogP contribution in [0, 0.1) is 23.3 Å². The molecule has 36 heavy (non-hydrogen) atoms. The molecule has 2 aliphatic rings. The van der Waals surface area contributed by atoms with Gasteiger partial charge < -0.3 is 24.8 Å². The van der Waals surface area contributed by atoms with E-state index in [0.717, 1.165) is 7.11 Å². The molecule has 1 aromatic rings. The molecule has 0 radical (unpaired) electrons. The average molecular weight is 521 g/mol. The van der Waals surface area contributed by atoms with E-state index in [2.05, 4.69) is 0 Å². The Morgan fingerprint density at radius 3 is 1.58 bits per heavy atom. The Morgan fingerprint density at radius 2 is 1.25 bits per heavy atom. The maximum absolute atomic E-state index is 14.2. The summed E-state index contributed by atoms with van der Waals surface area (Å²) < 4.78 is 65.9. The van der Waals surface area contributed by atoms with Crippen LogP contribution in [0.4, 0.5) is 17.6 Å². The van der Waals surface area contributed by atoms with Crippen molar-refractivity contribution in [1.29, 1.82) is 0 Å². The number of aliphatic hydroxyl groups is 3. The number of fused-ring (bicyclic) bond motifs is 1. The molecular formula is C21H19F4NO10. The van der Waals surface area contributed by atoms with Crippen molar-refractivity contribution in [1.82, 2.24) is 4.90 Å². The van der Waals surface area contributed by atoms with Crippen LogP contribution in [0.1, 0.15) is 41.5 Å². The van der Waals surface area contributed by atoms with Gasteiger partial charge in [0.25, 0.3) is 11.8 Å². The summed E-state index contributed by atoms with van der Waals surface area (Å²) in [6.45, 7) is 0.497. The Balaban J connectivity index is 2.21. The Kier molecular flexibility index (Phi) is 6.48. The topological polar surface area (TPSA) is 168 Å². The number of halogens is 4. The Hall–Kier alpha value is -3.11. The van der Waals surface area contributed by atoms with Crippen LogP contribution in [-0.4, -0.2) is 92.2 Å². The van der Waals surface area contributed by atoms with Gasteiger partial charge in [-0.2, -0.15) is 0 Å². The van der Waals surface area contributed by atoms with Gasteiger partial charge in [-0.1, -0.05) is 0 Å². The van der Waals surface area contributed by atoms with Gasteiger partial charge in [-0.05, 0) is 20.8 Å². The summed E-state index contributed by atoms with van der Waals surface area (Å²) in [5.74, 6) is -17.1. The monoisotopic (exact) mass is 521 g/mol. The van der Waals surface area contributed by atoms with Crippen LogP contribution in [0.25, 0.3) is 0 Å². The number of Topliss-reactive ketones (excluding diaryl/α,β-unsaturated/α-hetero) is 3. The van der Waals surface area contributed by atoms with Crippen molar-refractivity contribution in [3.8, 4) is 0 Å². The number of imide groups is 1. The van der Waals surface area contributed by atoms with E-state index in [-0.39, 0.29) is 4.90 Å². The highest BCUT2D eigenvalue weighted by Gasteiger charge is 2.78. The Labute approximate surface area is 199 Å². The van der Waals surface area contributed by atoms with Crippen LogP contribution in [0.5, 0.6) is 0 Å². The lowest BCUT2D eigenvalue weighted by Crippen LogP contribution is -2.86. The molecule has 196 valence electrons. The second kappa shape index (κ2) is 8.48. The summed E-state index contributed by atoms with van der Waals surface area (Å²) in [6, 6.07) is 0. The molecule has 11 nitrogen and oxygen atoms in total. The van der Waals surface area contributed by atoms with E-state index in [4.69, 9.17) is 9.47 Å². The van der Waals surface area contributed by atoms with Crippen molar-refractivity contribution in [3.63, 3.8) is 0 Å². The van der Waals surface area contributed by atoms with E-state index in [1.165, 1.54) is 0 Å². The number of hydrogen-bond donors (Lipinski definition) is 3. The maximum atomic E-state index is 14.2. The Morgan fingerprint density at radius 1 is 0.833 bits per heavy atom. The van der Waals surface area contributed by atoms with Crippen LogP contribution in [0.2, 0.25) is 0 Å². The molecule has 0 saturated carbocycles. The number of ether oxygens (including phenoxy) is 2. The summed E-state index contributed by atoms with van der Waals surface area (Å²) in [4.78, 5) is 62.8. The van der Waals surface area contributed by atoms with Crippen molar-refractivity contribution in [2.45, 2.75) is 50.0 Å². The molecule has 1 saturated heterocycles. The molecule has 0 spiro atoms. The summed E-state index contributed by atoms with van der Waals surface area (Å²) in [7, 11) is 0.826. The number of carbonyl (C=O) groups is 5. The van der Waals surface area contributed by atoms with Crippen LogP contribution >= 0.6 is 0 Å². The van der Waals surface area contributed by atoms with Crippen LogP contribution in [0.3, 0.4) is 0 Å². The number of hydrogen-bond acceptors (Lipinski definition) is 10. The second-order valence-corrected chi connectivity index (χ2v) is 8.33. The van der Waals surface area contributed by atoms with Gasteiger partial charge in [-0.15, -0.1) is 0 Å². The third kappa shape index (κ3) is 3.06. The summed E-state index contributed by atoms with van der Waals surface area (Å²) in [5, 5.41) is 33.6. The first-order valence-electron chi connectivity index (χ1n) is 10.1. The van der Waals surface area contributed by atoms with Gasteiger partial charge in [0.15, 0.2) is 52.5 Å². The number of nitrogens with zero attached hydrogens (tertiary/aromatic N) is 1. The number of methoxy groups -OCH3 is 1. The molecule has 2 amide bonds. The van der Waals surface area contributed by atoms with Crippen molar-refractivity contribution in [3.05, 3.63) is 34.4 Å². The molecule has 1 unspecified atom stereocenters. The number of rotatable bonds is 6. The quantitative estimate of drug-likeness (QED) is 0.186. The largest absolute Gasteiger partial charge is 0.376 e. The number of carbonyl (C=O) groups excluding carboxylic acids is 5. The number of amides is 2. The molecule has 3 N–H and O–H groups in total. The zero-order valence-corrected chi connectivity index (χ0v) is 19.0. The highest BCUT2D eigenvalue weighted by molar-refractivity contribution is 6.21. The van der Waals surface area contributed by atoms with Gasteiger partial charge in [0.2, 0.25) is 11.2 Å². The molecule has 1 aromatic carbocycles. The lowest BCUT2D eigenvalue weighted by molar-refractivity contribution is -0.361. The lowest BCUT2D eigenvalue weighted by Gasteiger charge is -2.57. The van der Waals surface area contributed by atoms with Crippen molar-refractivity contribution in [2.75, 3.05) is 13.7 Å². The molecule has 1 fully saturated rings. The van der Waals surface area contributed by atoms with E-state index in [9.17, 15) is 56.9 Å². The minimum absolute atomic E-state index is 0.0697. The SMILES string of the molecule is COC1O[C@H](CN2C(=O)c3c(F)c(F)c(F)c(F)c3C2=O)[C@](O)(C(C)=O)[C@@](O)(C(C)=O)[C@]1(O)C(C)=O. The van der Waals surface area contributed by atoms with Gasteiger partial charge in [-0.3, -0.25) is 28.9 Å². The summed E-state index contributed by atoms with van der Waals surface area (Å²) in [6.07, 6.45) is -4.68. The zero-order valence-electron chi connectivity index (χ0n) is 19.0. The normalized spacial score (nSPS) is 32.0. The van der Waals surface area contributed by atoms with Gasteiger partial charge >= 0.3 is 0 Å². The lowest BCUT2D eigenvalue weighted by atomic mass is 9.61. The fraction of sp³-hybridized carbons (Fsp3) is 0.476. The third-order valence-electron chi connectivity index (χ3n) is 6.53. The van der Waals surface area contributed by atoms with E-state index in [1.807, 2.05) is 0 Å². The molecular weight excluding hydrogens is 502 g/mol. The minimum Gasteiger partial charge on any atom is -0.376 e. The molecule has 0 aromatic heterocycles. The molecule has 0 bridgehead atoms. The minimum atomic E-state index is -3.70. The van der Waals surface area contributed by atoms with Gasteiger partial charge in [0, 0.05) is 7.11 Å². The number of ketones is 3. The first kappa shape index (κ1) is 27.5. The van der Waals surface area contributed by atoms with Crippen molar-refractivity contribution in [2.24, 2.45) is 0 Å². The maximum Gasteiger partial charge on any atom is 0.264 e. The van der Waals surface area contributed by atoms with Gasteiger partial charge in [0.05, 0.1) is 17.7 Å². The van der Waals surface area contributed by atoms with Crippen LogP contribution < -0.4 is 0 Å². The fourth-order valence-electron chi connectivity index (χ4n) is 4.61. The highest BCUT2D eigenvalue weighted by atomic mass is 19.2. The third-order valence-corrected chi connectivity index (χ3v) is 6.53. The first-order chi connectivity index (χ1) is 16.5. The Bertz CT molecular complexity index is 1190. The molecule has 0 aliphatic carbocycles. The molecule has 2 aliphatic heterocycles. The van der Waals surface area contributed by atoms with Gasteiger partial charge in [-0.25, -0.2) is 17.6 Å². The van der Waals surface area contributed by atoms with E-state index in [1.54, 1.807) is 0 Å². The molecule has 2 heterocycles. The first-order valence-corrected chi connectivity index (χ1v) is 10.1. The number of benzene rings is 1. The predicted octanol–water partition coefficient (Wildman–Crippen LogP) is -0.829. The van der Waals surface area contributed by atoms with Crippen LogP contribution in [-0.2, 0) is 23.9 Å². The second-order valence-electron chi connectivity index (χ2n) is 8.33. The predicted molar refractivity (Wildman–Crippen MR) is 104 cm³/mol. The summed E-state index contributed by atoms with van der Waals surface area (Å²) in [5.41, 5.74) is -13.7. The fourth-order valence-corrected chi connectivity index (χ4v) is 4.61. The average Bonchev–Trinajstić information content (AvgIpc) is 3.05. The van der Waals surface area contributed by atoms with Crippen molar-refractivity contribution < 1.29 is 66.3 Å². The molecule has 3 rings (SSSR count). The van der Waals surface area contributed by atoms with E-state index < -0.39 is 99.3 Å². The van der Waals surface area contributed by atoms with Crippen LogP contribution in [0.15, 0.2) is 0 Å². The molecule has 15 heteroatoms. The van der Waals surface area contributed by atoms with E-state index >= 15 is 0 Å². The summed E-state index contributed by atoms with van der Waals surface area (Å²) >= 11 is 0. The van der Waals surface area contributed by atoms with E-state index in [0.29, 0.717) is 20.8 Å². The zero-order chi connectivity index (χ0) is 27.7. The standard InChI is InChI=1S/C21H19F4NO10/c1-6(27)19(32)9(36-18(35-4)20(33,7(2)28)21(19,34)8(3)29)5-26-16(30)10-11(17(26)31)13(23)15(25)14(24)12(10)22/h9,18,32-34H,5H2,1-4H3/t9-,18?,19-,20+,21+/m1/s1. The smallest absolute Gasteiger partial charge is 0.264 e. The van der Waals surface area contributed by atoms with Crippen molar-refractivity contribution >= 4 is 29.2 Å². The molecule has 5 atom stereocenters. The highest BCUT2D eigenvalue weighted by Crippen LogP contribution is 2.47.